The van der Waals surface area contributed by atoms with Crippen molar-refractivity contribution in [1.82, 2.24) is 9.80 Å². The number of amides is 2. The van der Waals surface area contributed by atoms with E-state index < -0.39 is 11.7 Å². The first-order valence-electron chi connectivity index (χ1n) is 9.67. The molecular weight excluding hydrogens is 342 g/mol. The van der Waals surface area contributed by atoms with Crippen LogP contribution in [-0.4, -0.2) is 60.1 Å². The van der Waals surface area contributed by atoms with Crippen molar-refractivity contribution in [2.45, 2.75) is 52.6 Å². The fourth-order valence-electron chi connectivity index (χ4n) is 2.96. The molecule has 0 saturated carbocycles. The van der Waals surface area contributed by atoms with E-state index in [1.165, 1.54) is 12.0 Å². The SMILES string of the molecule is CC(=O)N1CCCN(CCCc2ccccc2)CC1.CC(C)(C)OC(N)=O. The molecule has 1 fully saturated rings. The van der Waals surface area contributed by atoms with Crippen molar-refractivity contribution in [3.63, 3.8) is 0 Å². The molecule has 0 bridgehead atoms. The second-order valence-electron chi connectivity index (χ2n) is 7.82. The van der Waals surface area contributed by atoms with Gasteiger partial charge in [-0.05, 0) is 58.7 Å². The number of aryl methyl sites for hydroxylation is 1. The molecule has 1 aromatic rings. The zero-order chi connectivity index (χ0) is 20.3. The third-order valence-corrected chi connectivity index (χ3v) is 4.22. The lowest BCUT2D eigenvalue weighted by molar-refractivity contribution is -0.128. The smallest absolute Gasteiger partial charge is 0.405 e. The Morgan fingerprint density at radius 3 is 2.26 bits per heavy atom. The first-order valence-corrected chi connectivity index (χ1v) is 9.67. The van der Waals surface area contributed by atoms with E-state index in [0.717, 1.165) is 45.6 Å². The van der Waals surface area contributed by atoms with Gasteiger partial charge in [0.15, 0.2) is 0 Å². The standard InChI is InChI=1S/C16H24N2O.C5H11NO2/c1-15(19)18-12-6-11-17(13-14-18)10-5-9-16-7-3-2-4-8-16;1-5(2,3)8-4(6)7/h2-4,7-8H,5-6,9-14H2,1H3;1-3H3,(H2,6,7). The van der Waals surface area contributed by atoms with Crippen LogP contribution in [0.15, 0.2) is 30.3 Å². The van der Waals surface area contributed by atoms with E-state index in [0.29, 0.717) is 0 Å². The van der Waals surface area contributed by atoms with Gasteiger partial charge in [0.05, 0.1) is 0 Å². The molecule has 0 aromatic heterocycles. The van der Waals surface area contributed by atoms with Crippen molar-refractivity contribution < 1.29 is 14.3 Å². The molecule has 6 nitrogen and oxygen atoms in total. The van der Waals surface area contributed by atoms with Gasteiger partial charge in [0.25, 0.3) is 0 Å². The number of carbonyl (C=O) groups is 2. The Morgan fingerprint density at radius 1 is 1.07 bits per heavy atom. The number of ether oxygens (including phenoxy) is 1. The number of carbonyl (C=O) groups excluding carboxylic acids is 2. The molecule has 2 N–H and O–H groups in total. The quantitative estimate of drug-likeness (QED) is 0.875. The van der Waals surface area contributed by atoms with E-state index in [1.807, 2.05) is 4.90 Å². The molecule has 1 aliphatic heterocycles. The fraction of sp³-hybridized carbons (Fsp3) is 0.619. The van der Waals surface area contributed by atoms with Crippen LogP contribution >= 0.6 is 0 Å². The van der Waals surface area contributed by atoms with E-state index in [1.54, 1.807) is 27.7 Å². The Labute approximate surface area is 163 Å². The summed E-state index contributed by atoms with van der Waals surface area (Å²) in [5, 5.41) is 0. The van der Waals surface area contributed by atoms with Crippen molar-refractivity contribution in [2.24, 2.45) is 5.73 Å². The summed E-state index contributed by atoms with van der Waals surface area (Å²) in [6, 6.07) is 10.7. The lowest BCUT2D eigenvalue weighted by Crippen LogP contribution is -2.34. The zero-order valence-corrected chi connectivity index (χ0v) is 17.2. The number of nitrogens with two attached hydrogens (primary N) is 1. The molecular formula is C21H35N3O3. The number of rotatable bonds is 4. The third kappa shape index (κ3) is 11.3. The average molecular weight is 378 g/mol. The van der Waals surface area contributed by atoms with Crippen LogP contribution in [0, 0.1) is 0 Å². The predicted molar refractivity (Wildman–Crippen MR) is 108 cm³/mol. The van der Waals surface area contributed by atoms with Crippen LogP contribution in [-0.2, 0) is 16.0 Å². The molecule has 1 aliphatic rings. The summed E-state index contributed by atoms with van der Waals surface area (Å²) in [5.74, 6) is 0.214. The van der Waals surface area contributed by atoms with Crippen molar-refractivity contribution in [1.29, 1.82) is 0 Å². The minimum atomic E-state index is -0.725. The molecule has 0 aliphatic carbocycles. The van der Waals surface area contributed by atoms with Crippen LogP contribution in [0.25, 0.3) is 0 Å². The number of benzene rings is 1. The van der Waals surface area contributed by atoms with Gasteiger partial charge >= 0.3 is 6.09 Å². The molecule has 2 amide bonds. The van der Waals surface area contributed by atoms with Crippen molar-refractivity contribution >= 4 is 12.0 Å². The second-order valence-corrected chi connectivity index (χ2v) is 7.82. The Morgan fingerprint density at radius 2 is 1.74 bits per heavy atom. The summed E-state index contributed by atoms with van der Waals surface area (Å²) < 4.78 is 4.58. The largest absolute Gasteiger partial charge is 0.444 e. The molecule has 0 radical (unpaired) electrons. The molecule has 1 heterocycles. The number of primary amides is 1. The van der Waals surface area contributed by atoms with E-state index in [2.05, 4.69) is 40.0 Å². The lowest BCUT2D eigenvalue weighted by Gasteiger charge is -2.20. The van der Waals surface area contributed by atoms with Gasteiger partial charge in [-0.25, -0.2) is 4.79 Å². The Bertz CT molecular complexity index is 570. The predicted octanol–water partition coefficient (Wildman–Crippen LogP) is 3.05. The van der Waals surface area contributed by atoms with Crippen LogP contribution < -0.4 is 5.73 Å². The normalized spacial score (nSPS) is 15.3. The number of nitrogens with zero attached hydrogens (tertiary/aromatic N) is 2. The van der Waals surface area contributed by atoms with Crippen molar-refractivity contribution in [3.05, 3.63) is 35.9 Å². The van der Waals surface area contributed by atoms with Crippen LogP contribution in [0.2, 0.25) is 0 Å². The maximum Gasteiger partial charge on any atom is 0.405 e. The molecule has 0 unspecified atom stereocenters. The van der Waals surface area contributed by atoms with Crippen molar-refractivity contribution in [3.8, 4) is 0 Å². The number of hydrogen-bond acceptors (Lipinski definition) is 4. The van der Waals surface area contributed by atoms with E-state index >= 15 is 0 Å². The minimum absolute atomic E-state index is 0.214. The van der Waals surface area contributed by atoms with Gasteiger partial charge in [-0.3, -0.25) is 4.79 Å². The summed E-state index contributed by atoms with van der Waals surface area (Å²) in [6.45, 7) is 12.1. The highest BCUT2D eigenvalue weighted by molar-refractivity contribution is 5.73. The summed E-state index contributed by atoms with van der Waals surface area (Å²) in [5.41, 5.74) is 5.68. The van der Waals surface area contributed by atoms with E-state index in [4.69, 9.17) is 5.73 Å². The third-order valence-electron chi connectivity index (χ3n) is 4.22. The topological polar surface area (TPSA) is 75.9 Å². The van der Waals surface area contributed by atoms with E-state index in [-0.39, 0.29) is 5.91 Å². The molecule has 0 atom stereocenters. The summed E-state index contributed by atoms with van der Waals surface area (Å²) in [7, 11) is 0. The molecule has 152 valence electrons. The highest BCUT2D eigenvalue weighted by atomic mass is 16.6. The van der Waals surface area contributed by atoms with E-state index in [9.17, 15) is 9.59 Å². The van der Waals surface area contributed by atoms with Gasteiger partial charge < -0.3 is 20.3 Å². The lowest BCUT2D eigenvalue weighted by atomic mass is 10.1. The minimum Gasteiger partial charge on any atom is -0.444 e. The average Bonchev–Trinajstić information content (AvgIpc) is 2.80. The zero-order valence-electron chi connectivity index (χ0n) is 17.2. The Balaban J connectivity index is 0.000000387. The van der Waals surface area contributed by atoms with Gasteiger partial charge in [-0.2, -0.15) is 0 Å². The van der Waals surface area contributed by atoms with Gasteiger partial charge in [-0.15, -0.1) is 0 Å². The highest BCUT2D eigenvalue weighted by Gasteiger charge is 2.15. The van der Waals surface area contributed by atoms with Crippen LogP contribution in [0.5, 0.6) is 0 Å². The maximum absolute atomic E-state index is 11.4. The summed E-state index contributed by atoms with van der Waals surface area (Å²) in [4.78, 5) is 25.8. The van der Waals surface area contributed by atoms with Gasteiger partial charge in [0.1, 0.15) is 5.60 Å². The van der Waals surface area contributed by atoms with Gasteiger partial charge in [-0.1, -0.05) is 30.3 Å². The monoisotopic (exact) mass is 377 g/mol. The first kappa shape index (κ1) is 23.0. The molecule has 1 aromatic carbocycles. The second kappa shape index (κ2) is 11.6. The fourth-order valence-corrected chi connectivity index (χ4v) is 2.96. The van der Waals surface area contributed by atoms with Crippen molar-refractivity contribution in [2.75, 3.05) is 32.7 Å². The maximum atomic E-state index is 11.4. The molecule has 0 spiro atoms. The van der Waals surface area contributed by atoms with Crippen LogP contribution in [0.1, 0.15) is 46.1 Å². The molecule has 1 saturated heterocycles. The summed E-state index contributed by atoms with van der Waals surface area (Å²) >= 11 is 0. The molecule has 2 rings (SSSR count). The van der Waals surface area contributed by atoms with Gasteiger partial charge in [0.2, 0.25) is 5.91 Å². The Kier molecular flexibility index (Phi) is 9.86. The Hall–Kier alpha value is -2.08. The first-order chi connectivity index (χ1) is 12.7. The number of hydrogen-bond donors (Lipinski definition) is 1. The molecule has 6 heteroatoms. The summed E-state index contributed by atoms with van der Waals surface area (Å²) in [6.07, 6.45) is 2.72. The highest BCUT2D eigenvalue weighted by Crippen LogP contribution is 2.07. The molecule has 27 heavy (non-hydrogen) atoms. The van der Waals surface area contributed by atoms with Crippen LogP contribution in [0.3, 0.4) is 0 Å². The van der Waals surface area contributed by atoms with Crippen LogP contribution in [0.4, 0.5) is 4.79 Å². The van der Waals surface area contributed by atoms with Gasteiger partial charge in [0, 0.05) is 26.6 Å².